The van der Waals surface area contributed by atoms with Gasteiger partial charge in [-0.1, -0.05) is 31.0 Å². The lowest BCUT2D eigenvalue weighted by atomic mass is 9.88. The minimum Gasteiger partial charge on any atom is -0.497 e. The summed E-state index contributed by atoms with van der Waals surface area (Å²) in [6.07, 6.45) is 4.33. The maximum Gasteiger partial charge on any atom is 0.337 e. The quantitative estimate of drug-likeness (QED) is 0.569. The first-order valence-corrected chi connectivity index (χ1v) is 9.81. The van der Waals surface area contributed by atoms with E-state index in [1.165, 1.54) is 12.7 Å². The van der Waals surface area contributed by atoms with E-state index >= 15 is 0 Å². The van der Waals surface area contributed by atoms with Crippen LogP contribution in [-0.4, -0.2) is 25.3 Å². The van der Waals surface area contributed by atoms with E-state index in [4.69, 9.17) is 21.7 Å². The lowest BCUT2D eigenvalue weighted by molar-refractivity contribution is 0.0601. The van der Waals surface area contributed by atoms with Crippen molar-refractivity contribution < 1.29 is 14.3 Å². The van der Waals surface area contributed by atoms with Gasteiger partial charge >= 0.3 is 5.97 Å². The zero-order valence-electron chi connectivity index (χ0n) is 16.5. The van der Waals surface area contributed by atoms with Gasteiger partial charge in [-0.2, -0.15) is 0 Å². The summed E-state index contributed by atoms with van der Waals surface area (Å²) in [5, 5.41) is 7.35. The molecule has 2 aromatic carbocycles. The molecule has 3 rings (SSSR count). The molecule has 2 N–H and O–H groups in total. The summed E-state index contributed by atoms with van der Waals surface area (Å²) in [5.74, 6) is 0.472. The first-order valence-electron chi connectivity index (χ1n) is 9.40. The molecule has 0 heterocycles. The van der Waals surface area contributed by atoms with Gasteiger partial charge in [-0.25, -0.2) is 4.79 Å². The topological polar surface area (TPSA) is 59.6 Å². The molecule has 0 radical (unpaired) electrons. The summed E-state index contributed by atoms with van der Waals surface area (Å²) in [6.45, 7) is 1.97. The van der Waals surface area contributed by atoms with Gasteiger partial charge in [-0.05, 0) is 67.4 Å². The molecule has 0 atom stereocenters. The zero-order valence-corrected chi connectivity index (χ0v) is 17.3. The van der Waals surface area contributed by atoms with Gasteiger partial charge in [0.15, 0.2) is 5.11 Å². The van der Waals surface area contributed by atoms with Crippen LogP contribution in [0.25, 0.3) is 0 Å². The second-order valence-electron chi connectivity index (χ2n) is 7.12. The largest absolute Gasteiger partial charge is 0.497 e. The van der Waals surface area contributed by atoms with E-state index in [9.17, 15) is 4.79 Å². The molecule has 0 saturated heterocycles. The SMILES string of the molecule is COC(=O)c1ccc(C)c(NC(=S)NC2(c3ccc(OC)cc3)CCCC2)c1. The van der Waals surface area contributed by atoms with E-state index in [1.54, 1.807) is 19.2 Å². The summed E-state index contributed by atoms with van der Waals surface area (Å²) in [5.41, 5.74) is 3.30. The van der Waals surface area contributed by atoms with Crippen molar-refractivity contribution in [3.05, 3.63) is 59.2 Å². The molecule has 0 unspecified atom stereocenters. The van der Waals surface area contributed by atoms with Crippen LogP contribution in [0.15, 0.2) is 42.5 Å². The van der Waals surface area contributed by atoms with Crippen LogP contribution in [0.2, 0.25) is 0 Å². The number of carbonyl (C=O) groups is 1. The molecule has 0 aliphatic heterocycles. The fourth-order valence-electron chi connectivity index (χ4n) is 3.75. The van der Waals surface area contributed by atoms with E-state index in [2.05, 4.69) is 22.8 Å². The lowest BCUT2D eigenvalue weighted by Gasteiger charge is -2.33. The standard InChI is InChI=1S/C22H26N2O3S/c1-15-6-7-16(20(25)27-3)14-19(15)23-21(28)24-22(12-4-5-13-22)17-8-10-18(26-2)11-9-17/h6-11,14H,4-5,12-13H2,1-3H3,(H2,23,24,28). The Morgan fingerprint density at radius 1 is 1.07 bits per heavy atom. The fraction of sp³-hybridized carbons (Fsp3) is 0.364. The number of thiocarbonyl (C=S) groups is 1. The second-order valence-corrected chi connectivity index (χ2v) is 7.53. The highest BCUT2D eigenvalue weighted by Crippen LogP contribution is 2.39. The van der Waals surface area contributed by atoms with Crippen LogP contribution >= 0.6 is 12.2 Å². The van der Waals surface area contributed by atoms with E-state index < -0.39 is 0 Å². The van der Waals surface area contributed by atoms with Crippen molar-refractivity contribution in [2.24, 2.45) is 0 Å². The van der Waals surface area contributed by atoms with Crippen molar-refractivity contribution in [3.63, 3.8) is 0 Å². The highest BCUT2D eigenvalue weighted by Gasteiger charge is 2.36. The maximum atomic E-state index is 11.8. The van der Waals surface area contributed by atoms with Crippen molar-refractivity contribution >= 4 is 29.0 Å². The molecule has 0 bridgehead atoms. The minimum atomic E-state index is -0.368. The molecule has 1 aliphatic rings. The first kappa shape index (κ1) is 20.1. The molecule has 0 aromatic heterocycles. The molecule has 1 fully saturated rings. The number of carbonyl (C=O) groups excluding carboxylic acids is 1. The highest BCUT2D eigenvalue weighted by atomic mass is 32.1. The fourth-order valence-corrected chi connectivity index (χ4v) is 4.05. The predicted molar refractivity (Wildman–Crippen MR) is 115 cm³/mol. The van der Waals surface area contributed by atoms with Crippen LogP contribution < -0.4 is 15.4 Å². The Kier molecular flexibility index (Phi) is 6.19. The Morgan fingerprint density at radius 2 is 1.75 bits per heavy atom. The average Bonchev–Trinajstić information content (AvgIpc) is 3.18. The predicted octanol–water partition coefficient (Wildman–Crippen LogP) is 4.55. The van der Waals surface area contributed by atoms with Crippen molar-refractivity contribution in [1.29, 1.82) is 0 Å². The van der Waals surface area contributed by atoms with E-state index in [0.29, 0.717) is 10.7 Å². The van der Waals surface area contributed by atoms with Gasteiger partial charge in [0.1, 0.15) is 5.75 Å². The third kappa shape index (κ3) is 4.28. The number of methoxy groups -OCH3 is 2. The van der Waals surface area contributed by atoms with Gasteiger partial charge in [0, 0.05) is 5.69 Å². The smallest absolute Gasteiger partial charge is 0.337 e. The molecule has 5 nitrogen and oxygen atoms in total. The molecule has 1 saturated carbocycles. The normalized spacial score (nSPS) is 15.0. The van der Waals surface area contributed by atoms with Crippen molar-refractivity contribution in [1.82, 2.24) is 5.32 Å². The summed E-state index contributed by atoms with van der Waals surface area (Å²) in [4.78, 5) is 11.8. The number of nitrogens with one attached hydrogen (secondary N) is 2. The zero-order chi connectivity index (χ0) is 20.1. The minimum absolute atomic E-state index is 0.190. The van der Waals surface area contributed by atoms with Crippen LogP contribution in [0.5, 0.6) is 5.75 Å². The van der Waals surface area contributed by atoms with E-state index in [-0.39, 0.29) is 11.5 Å². The van der Waals surface area contributed by atoms with Crippen LogP contribution in [0.3, 0.4) is 0 Å². The third-order valence-electron chi connectivity index (χ3n) is 5.36. The number of rotatable bonds is 5. The Hall–Kier alpha value is -2.60. The van der Waals surface area contributed by atoms with Crippen molar-refractivity contribution in [3.8, 4) is 5.75 Å². The Bertz CT molecular complexity index is 859. The number of hydrogen-bond donors (Lipinski definition) is 2. The Morgan fingerprint density at radius 3 is 2.36 bits per heavy atom. The molecule has 148 valence electrons. The van der Waals surface area contributed by atoms with Crippen LogP contribution in [0.4, 0.5) is 5.69 Å². The number of aryl methyl sites for hydroxylation is 1. The summed E-state index contributed by atoms with van der Waals surface area (Å²) < 4.78 is 10.1. The number of hydrogen-bond acceptors (Lipinski definition) is 4. The number of anilines is 1. The summed E-state index contributed by atoms with van der Waals surface area (Å²) in [6, 6.07) is 13.6. The number of esters is 1. The molecule has 6 heteroatoms. The summed E-state index contributed by atoms with van der Waals surface area (Å²) in [7, 11) is 3.04. The first-order chi connectivity index (χ1) is 13.5. The van der Waals surface area contributed by atoms with Crippen molar-refractivity contribution in [2.75, 3.05) is 19.5 Å². The van der Waals surface area contributed by atoms with E-state index in [0.717, 1.165) is 42.7 Å². The highest BCUT2D eigenvalue weighted by molar-refractivity contribution is 7.80. The van der Waals surface area contributed by atoms with Gasteiger partial charge in [0.25, 0.3) is 0 Å². The van der Waals surface area contributed by atoms with Gasteiger partial charge in [-0.3, -0.25) is 0 Å². The Labute approximate surface area is 171 Å². The number of benzene rings is 2. The molecule has 28 heavy (non-hydrogen) atoms. The lowest BCUT2D eigenvalue weighted by Crippen LogP contribution is -2.45. The van der Waals surface area contributed by atoms with Gasteiger partial charge in [0.05, 0.1) is 25.3 Å². The third-order valence-corrected chi connectivity index (χ3v) is 5.56. The van der Waals surface area contributed by atoms with Crippen LogP contribution in [0.1, 0.15) is 47.2 Å². The molecular formula is C22H26N2O3S. The van der Waals surface area contributed by atoms with Crippen molar-refractivity contribution in [2.45, 2.75) is 38.1 Å². The average molecular weight is 399 g/mol. The second kappa shape index (κ2) is 8.61. The monoisotopic (exact) mass is 398 g/mol. The number of ether oxygens (including phenoxy) is 2. The van der Waals surface area contributed by atoms with Gasteiger partial charge in [0.2, 0.25) is 0 Å². The summed E-state index contributed by atoms with van der Waals surface area (Å²) >= 11 is 5.63. The van der Waals surface area contributed by atoms with Gasteiger partial charge < -0.3 is 20.1 Å². The molecule has 0 spiro atoms. The molecular weight excluding hydrogens is 372 g/mol. The maximum absolute atomic E-state index is 11.8. The Balaban J connectivity index is 1.79. The van der Waals surface area contributed by atoms with Crippen LogP contribution in [0, 0.1) is 6.92 Å². The molecule has 0 amide bonds. The van der Waals surface area contributed by atoms with Crippen LogP contribution in [-0.2, 0) is 10.3 Å². The van der Waals surface area contributed by atoms with Gasteiger partial charge in [-0.15, -0.1) is 0 Å². The molecule has 1 aliphatic carbocycles. The molecule has 2 aromatic rings. The van der Waals surface area contributed by atoms with E-state index in [1.807, 2.05) is 25.1 Å².